The minimum absolute atomic E-state index is 0.0766. The molecule has 16 heavy (non-hydrogen) atoms. The quantitative estimate of drug-likeness (QED) is 0.634. The van der Waals surface area contributed by atoms with Gasteiger partial charge in [0, 0.05) is 12.6 Å². The molecule has 4 heteroatoms. The molecule has 0 amide bonds. The zero-order chi connectivity index (χ0) is 12.0. The van der Waals surface area contributed by atoms with E-state index in [0.717, 1.165) is 11.3 Å². The SMILES string of the molecule is COc1ccc(CN/C(Cl)=C\C(C)=O)cc1. The van der Waals surface area contributed by atoms with E-state index in [9.17, 15) is 4.79 Å². The number of nitrogens with one attached hydrogen (secondary N) is 1. The Bertz CT molecular complexity index is 385. The van der Waals surface area contributed by atoms with Gasteiger partial charge in [-0.1, -0.05) is 23.7 Å². The Morgan fingerprint density at radius 2 is 2.06 bits per heavy atom. The van der Waals surface area contributed by atoms with Crippen LogP contribution in [0.1, 0.15) is 12.5 Å². The number of halogens is 1. The van der Waals surface area contributed by atoms with E-state index in [0.29, 0.717) is 11.7 Å². The summed E-state index contributed by atoms with van der Waals surface area (Å²) in [7, 11) is 1.62. The Labute approximate surface area is 100 Å². The van der Waals surface area contributed by atoms with Crippen molar-refractivity contribution < 1.29 is 9.53 Å². The Morgan fingerprint density at radius 3 is 2.56 bits per heavy atom. The van der Waals surface area contributed by atoms with Crippen LogP contribution in [-0.4, -0.2) is 12.9 Å². The predicted octanol–water partition coefficient (Wildman–Crippen LogP) is 2.45. The number of hydrogen-bond donors (Lipinski definition) is 1. The summed E-state index contributed by atoms with van der Waals surface area (Å²) in [4.78, 5) is 10.7. The number of hydrogen-bond acceptors (Lipinski definition) is 3. The molecule has 86 valence electrons. The molecule has 0 saturated heterocycles. The minimum atomic E-state index is -0.0766. The Kier molecular flexibility index (Phi) is 4.86. The summed E-state index contributed by atoms with van der Waals surface area (Å²) in [5, 5.41) is 3.28. The van der Waals surface area contributed by atoms with Gasteiger partial charge in [-0.25, -0.2) is 0 Å². The third-order valence-electron chi connectivity index (χ3n) is 1.95. The Hall–Kier alpha value is -1.48. The maximum atomic E-state index is 10.7. The highest BCUT2D eigenvalue weighted by Gasteiger charge is 1.96. The molecular weight excluding hydrogens is 226 g/mol. The number of methoxy groups -OCH3 is 1. The smallest absolute Gasteiger partial charge is 0.155 e. The first-order valence-electron chi connectivity index (χ1n) is 4.86. The number of rotatable bonds is 5. The topological polar surface area (TPSA) is 38.3 Å². The van der Waals surface area contributed by atoms with Gasteiger partial charge in [0.1, 0.15) is 10.9 Å². The molecule has 0 aliphatic carbocycles. The van der Waals surface area contributed by atoms with Gasteiger partial charge < -0.3 is 10.1 Å². The first-order valence-corrected chi connectivity index (χ1v) is 5.24. The van der Waals surface area contributed by atoms with Gasteiger partial charge in [0.25, 0.3) is 0 Å². The number of carbonyl (C=O) groups is 1. The van der Waals surface area contributed by atoms with Crippen LogP contribution < -0.4 is 10.1 Å². The van der Waals surface area contributed by atoms with Crippen molar-refractivity contribution >= 4 is 17.4 Å². The van der Waals surface area contributed by atoms with Gasteiger partial charge in [-0.05, 0) is 24.6 Å². The van der Waals surface area contributed by atoms with Crippen LogP contribution in [0.2, 0.25) is 0 Å². The van der Waals surface area contributed by atoms with Gasteiger partial charge in [-0.3, -0.25) is 4.79 Å². The summed E-state index contributed by atoms with van der Waals surface area (Å²) in [6, 6.07) is 7.62. The Balaban J connectivity index is 2.51. The molecule has 1 N–H and O–H groups in total. The maximum absolute atomic E-state index is 10.7. The van der Waals surface area contributed by atoms with E-state index < -0.39 is 0 Å². The molecular formula is C12H14ClNO2. The molecule has 0 aliphatic rings. The molecule has 0 atom stereocenters. The van der Waals surface area contributed by atoms with Crippen LogP contribution in [-0.2, 0) is 11.3 Å². The highest BCUT2D eigenvalue weighted by atomic mass is 35.5. The molecule has 1 rings (SSSR count). The molecule has 0 spiro atoms. The van der Waals surface area contributed by atoms with Crippen molar-refractivity contribution in [2.24, 2.45) is 0 Å². The average molecular weight is 240 g/mol. The van der Waals surface area contributed by atoms with Gasteiger partial charge in [-0.15, -0.1) is 0 Å². The minimum Gasteiger partial charge on any atom is -0.497 e. The van der Waals surface area contributed by atoms with E-state index in [1.807, 2.05) is 24.3 Å². The zero-order valence-electron chi connectivity index (χ0n) is 9.29. The van der Waals surface area contributed by atoms with Crippen LogP contribution in [0.5, 0.6) is 5.75 Å². The van der Waals surface area contributed by atoms with Crippen molar-refractivity contribution in [3.05, 3.63) is 41.1 Å². The van der Waals surface area contributed by atoms with Crippen LogP contribution in [0.15, 0.2) is 35.5 Å². The molecule has 1 aromatic carbocycles. The van der Waals surface area contributed by atoms with Crippen molar-refractivity contribution in [1.82, 2.24) is 5.32 Å². The zero-order valence-corrected chi connectivity index (χ0v) is 10.0. The summed E-state index contributed by atoms with van der Waals surface area (Å²) >= 11 is 5.79. The molecule has 0 saturated carbocycles. The number of allylic oxidation sites excluding steroid dienone is 1. The number of benzene rings is 1. The molecule has 0 aromatic heterocycles. The van der Waals surface area contributed by atoms with Crippen molar-refractivity contribution in [2.45, 2.75) is 13.5 Å². The van der Waals surface area contributed by atoms with E-state index in [1.54, 1.807) is 7.11 Å². The molecule has 0 heterocycles. The monoisotopic (exact) mass is 239 g/mol. The van der Waals surface area contributed by atoms with Crippen molar-refractivity contribution in [2.75, 3.05) is 7.11 Å². The third kappa shape index (κ3) is 4.36. The van der Waals surface area contributed by atoms with E-state index in [2.05, 4.69) is 5.32 Å². The molecule has 0 aliphatic heterocycles. The Morgan fingerprint density at radius 1 is 1.44 bits per heavy atom. The number of ether oxygens (including phenoxy) is 1. The van der Waals surface area contributed by atoms with Crippen molar-refractivity contribution in [3.8, 4) is 5.75 Å². The fourth-order valence-corrected chi connectivity index (χ4v) is 1.38. The first-order chi connectivity index (χ1) is 7.61. The summed E-state index contributed by atoms with van der Waals surface area (Å²) in [5.74, 6) is 0.737. The number of carbonyl (C=O) groups excluding carboxylic acids is 1. The van der Waals surface area contributed by atoms with E-state index in [-0.39, 0.29) is 5.78 Å². The average Bonchev–Trinajstić information content (AvgIpc) is 2.26. The standard InChI is InChI=1S/C12H14ClNO2/c1-9(15)7-12(13)14-8-10-3-5-11(16-2)6-4-10/h3-7,14H,8H2,1-2H3/b12-7-. The lowest BCUT2D eigenvalue weighted by Gasteiger charge is -2.05. The summed E-state index contributed by atoms with van der Waals surface area (Å²) < 4.78 is 5.04. The van der Waals surface area contributed by atoms with E-state index in [1.165, 1.54) is 13.0 Å². The van der Waals surface area contributed by atoms with Crippen LogP contribution in [0, 0.1) is 0 Å². The van der Waals surface area contributed by atoms with Crippen LogP contribution in [0.4, 0.5) is 0 Å². The van der Waals surface area contributed by atoms with Crippen molar-refractivity contribution in [3.63, 3.8) is 0 Å². The van der Waals surface area contributed by atoms with Crippen molar-refractivity contribution in [1.29, 1.82) is 0 Å². The molecule has 0 radical (unpaired) electrons. The van der Waals surface area contributed by atoms with Gasteiger partial charge in [0.15, 0.2) is 5.78 Å². The van der Waals surface area contributed by atoms with Crippen LogP contribution in [0.3, 0.4) is 0 Å². The van der Waals surface area contributed by atoms with Gasteiger partial charge in [-0.2, -0.15) is 0 Å². The predicted molar refractivity (Wildman–Crippen MR) is 64.5 cm³/mol. The number of ketones is 1. The largest absolute Gasteiger partial charge is 0.497 e. The lowest BCUT2D eigenvalue weighted by Crippen LogP contribution is -2.09. The van der Waals surface area contributed by atoms with Gasteiger partial charge in [0.2, 0.25) is 0 Å². The van der Waals surface area contributed by atoms with E-state index >= 15 is 0 Å². The molecule has 1 aromatic rings. The van der Waals surface area contributed by atoms with E-state index in [4.69, 9.17) is 16.3 Å². The first kappa shape index (κ1) is 12.6. The van der Waals surface area contributed by atoms with Crippen LogP contribution in [0.25, 0.3) is 0 Å². The molecule has 0 fully saturated rings. The summed E-state index contributed by atoms with van der Waals surface area (Å²) in [6.45, 7) is 2.03. The summed E-state index contributed by atoms with van der Waals surface area (Å²) in [6.07, 6.45) is 1.35. The lowest BCUT2D eigenvalue weighted by atomic mass is 10.2. The molecule has 3 nitrogen and oxygen atoms in total. The summed E-state index contributed by atoms with van der Waals surface area (Å²) in [5.41, 5.74) is 1.07. The fourth-order valence-electron chi connectivity index (χ4n) is 1.16. The fraction of sp³-hybridized carbons (Fsp3) is 0.250. The second-order valence-electron chi connectivity index (χ2n) is 3.30. The maximum Gasteiger partial charge on any atom is 0.155 e. The van der Waals surface area contributed by atoms with Gasteiger partial charge in [0.05, 0.1) is 7.11 Å². The lowest BCUT2D eigenvalue weighted by molar-refractivity contribution is -0.112. The normalized spacial score (nSPS) is 11.1. The molecule has 0 bridgehead atoms. The highest BCUT2D eigenvalue weighted by molar-refractivity contribution is 6.30. The van der Waals surface area contributed by atoms with Crippen LogP contribution >= 0.6 is 11.6 Å². The second-order valence-corrected chi connectivity index (χ2v) is 3.71. The highest BCUT2D eigenvalue weighted by Crippen LogP contribution is 2.11. The third-order valence-corrected chi connectivity index (χ3v) is 2.19. The van der Waals surface area contributed by atoms with Gasteiger partial charge >= 0.3 is 0 Å². The molecule has 0 unspecified atom stereocenters. The second kappa shape index (κ2) is 6.18.